The second-order valence-corrected chi connectivity index (χ2v) is 7.64. The van der Waals surface area contributed by atoms with Gasteiger partial charge in [0.15, 0.2) is 0 Å². The molecule has 25 heavy (non-hydrogen) atoms. The first kappa shape index (κ1) is 17.2. The number of sulfonamides is 1. The molecule has 7 heteroatoms. The van der Waals surface area contributed by atoms with E-state index in [0.717, 1.165) is 16.9 Å². The zero-order valence-corrected chi connectivity index (χ0v) is 15.4. The topological polar surface area (TPSA) is 76.9 Å². The summed E-state index contributed by atoms with van der Waals surface area (Å²) in [5, 5.41) is 4.40. The van der Waals surface area contributed by atoms with Crippen LogP contribution >= 0.6 is 0 Å². The van der Waals surface area contributed by atoms with Crippen molar-refractivity contribution in [3.8, 4) is 5.69 Å². The van der Waals surface area contributed by atoms with Gasteiger partial charge in [-0.15, -0.1) is 0 Å². The van der Waals surface area contributed by atoms with E-state index in [2.05, 4.69) is 14.8 Å². The average Bonchev–Trinajstić information content (AvgIpc) is 2.82. The molecule has 0 atom stereocenters. The van der Waals surface area contributed by atoms with Gasteiger partial charge in [-0.05, 0) is 57.5 Å². The Morgan fingerprint density at radius 3 is 2.32 bits per heavy atom. The molecule has 0 radical (unpaired) electrons. The molecular weight excluding hydrogens is 336 g/mol. The number of aryl methyl sites for hydroxylation is 3. The molecule has 0 aliphatic heterocycles. The Kier molecular flexibility index (Phi) is 4.34. The number of hydrogen-bond acceptors (Lipinski definition) is 4. The molecule has 3 aromatic rings. The van der Waals surface area contributed by atoms with Gasteiger partial charge in [-0.1, -0.05) is 18.2 Å². The third-order valence-electron chi connectivity index (χ3n) is 3.83. The summed E-state index contributed by atoms with van der Waals surface area (Å²) in [5.74, 6) is 0.309. The van der Waals surface area contributed by atoms with Crippen molar-refractivity contribution < 1.29 is 8.42 Å². The second kappa shape index (κ2) is 6.33. The largest absolute Gasteiger partial charge is 0.266 e. The highest BCUT2D eigenvalue weighted by Crippen LogP contribution is 2.24. The summed E-state index contributed by atoms with van der Waals surface area (Å²) in [5.41, 5.74) is 3.51. The molecule has 2 aromatic heterocycles. The van der Waals surface area contributed by atoms with Crippen LogP contribution in [0.2, 0.25) is 0 Å². The van der Waals surface area contributed by atoms with Crippen LogP contribution in [0.4, 0.5) is 5.82 Å². The first-order valence-electron chi connectivity index (χ1n) is 7.87. The van der Waals surface area contributed by atoms with Crippen molar-refractivity contribution >= 4 is 15.8 Å². The summed E-state index contributed by atoms with van der Waals surface area (Å²) in [7, 11) is -3.79. The van der Waals surface area contributed by atoms with Crippen LogP contribution in [0.15, 0.2) is 47.4 Å². The van der Waals surface area contributed by atoms with E-state index in [1.165, 1.54) is 0 Å². The van der Waals surface area contributed by atoms with Gasteiger partial charge in [0.2, 0.25) is 0 Å². The van der Waals surface area contributed by atoms with E-state index in [9.17, 15) is 8.42 Å². The Morgan fingerprint density at radius 1 is 1.00 bits per heavy atom. The van der Waals surface area contributed by atoms with Gasteiger partial charge in [0.05, 0.1) is 17.1 Å². The van der Waals surface area contributed by atoms with Crippen LogP contribution in [-0.4, -0.2) is 23.2 Å². The Balaban J connectivity index is 2.05. The molecule has 1 aromatic carbocycles. The first-order chi connectivity index (χ1) is 11.8. The first-order valence-corrected chi connectivity index (χ1v) is 9.36. The van der Waals surface area contributed by atoms with Gasteiger partial charge in [-0.3, -0.25) is 4.72 Å². The summed E-state index contributed by atoms with van der Waals surface area (Å²) in [4.78, 5) is 4.43. The molecule has 1 N–H and O–H groups in total. The van der Waals surface area contributed by atoms with Crippen molar-refractivity contribution in [2.24, 2.45) is 0 Å². The Morgan fingerprint density at radius 2 is 1.68 bits per heavy atom. The zero-order valence-electron chi connectivity index (χ0n) is 14.6. The maximum Gasteiger partial charge on any atom is 0.266 e. The minimum atomic E-state index is -3.79. The molecule has 0 aliphatic rings. The van der Waals surface area contributed by atoms with Gasteiger partial charge >= 0.3 is 0 Å². The number of pyridine rings is 1. The molecule has 130 valence electrons. The molecule has 0 spiro atoms. The molecule has 0 bridgehead atoms. The fraction of sp³-hybridized carbons (Fsp3) is 0.222. The third kappa shape index (κ3) is 3.41. The van der Waals surface area contributed by atoms with Crippen LogP contribution < -0.4 is 4.72 Å². The van der Waals surface area contributed by atoms with E-state index in [4.69, 9.17) is 0 Å². The van der Waals surface area contributed by atoms with E-state index < -0.39 is 10.0 Å². The lowest BCUT2D eigenvalue weighted by molar-refractivity contribution is 0.599. The van der Waals surface area contributed by atoms with Crippen LogP contribution in [0, 0.1) is 27.7 Å². The monoisotopic (exact) mass is 356 g/mol. The highest BCUT2D eigenvalue weighted by molar-refractivity contribution is 7.92. The van der Waals surface area contributed by atoms with E-state index >= 15 is 0 Å². The Bertz CT molecular complexity index is 1000. The number of nitrogens with one attached hydrogen (secondary N) is 1. The number of para-hydroxylation sites is 1. The molecule has 3 rings (SSSR count). The van der Waals surface area contributed by atoms with Gasteiger partial charge in [-0.25, -0.2) is 18.1 Å². The maximum atomic E-state index is 12.9. The zero-order chi connectivity index (χ0) is 18.2. The normalized spacial score (nSPS) is 11.5. The lowest BCUT2D eigenvalue weighted by atomic mass is 10.2. The van der Waals surface area contributed by atoms with Crippen molar-refractivity contribution in [3.63, 3.8) is 0 Å². The van der Waals surface area contributed by atoms with Gasteiger partial charge in [0.25, 0.3) is 10.0 Å². The van der Waals surface area contributed by atoms with E-state index in [1.54, 1.807) is 24.6 Å². The molecule has 0 aliphatic carbocycles. The summed E-state index contributed by atoms with van der Waals surface area (Å²) in [6.45, 7) is 7.16. The Labute approximate surface area is 147 Å². The minimum absolute atomic E-state index is 0.178. The van der Waals surface area contributed by atoms with Gasteiger partial charge in [0, 0.05) is 5.69 Å². The highest BCUT2D eigenvalue weighted by atomic mass is 32.2. The van der Waals surface area contributed by atoms with Crippen molar-refractivity contribution in [2.45, 2.75) is 32.6 Å². The lowest BCUT2D eigenvalue weighted by Crippen LogP contribution is -2.16. The number of benzene rings is 1. The summed E-state index contributed by atoms with van der Waals surface area (Å²) in [6.07, 6.45) is 0. The van der Waals surface area contributed by atoms with Gasteiger partial charge in [-0.2, -0.15) is 5.10 Å². The van der Waals surface area contributed by atoms with Crippen LogP contribution in [0.5, 0.6) is 0 Å². The molecule has 6 nitrogen and oxygen atoms in total. The van der Waals surface area contributed by atoms with E-state index in [-0.39, 0.29) is 4.90 Å². The molecule has 0 saturated heterocycles. The number of rotatable bonds is 4. The van der Waals surface area contributed by atoms with E-state index in [1.807, 2.05) is 50.2 Å². The minimum Gasteiger partial charge on any atom is -0.263 e. The number of hydrogen-bond donors (Lipinski definition) is 1. The average molecular weight is 356 g/mol. The maximum absolute atomic E-state index is 12.9. The molecule has 0 amide bonds. The highest BCUT2D eigenvalue weighted by Gasteiger charge is 2.25. The van der Waals surface area contributed by atoms with E-state index in [0.29, 0.717) is 17.2 Å². The van der Waals surface area contributed by atoms with Crippen LogP contribution in [-0.2, 0) is 10.0 Å². The van der Waals surface area contributed by atoms with Crippen LogP contribution in [0.3, 0.4) is 0 Å². The number of anilines is 1. The van der Waals surface area contributed by atoms with Gasteiger partial charge in [0.1, 0.15) is 10.7 Å². The van der Waals surface area contributed by atoms with Crippen molar-refractivity contribution in [2.75, 3.05) is 4.72 Å². The fourth-order valence-corrected chi connectivity index (χ4v) is 4.31. The lowest BCUT2D eigenvalue weighted by Gasteiger charge is -2.10. The van der Waals surface area contributed by atoms with Crippen LogP contribution in [0.25, 0.3) is 5.69 Å². The quantitative estimate of drug-likeness (QED) is 0.778. The van der Waals surface area contributed by atoms with Gasteiger partial charge < -0.3 is 0 Å². The standard InChI is InChI=1S/C18H20N4O2S/c1-12-10-13(2)19-17(11-12)21-25(23,24)18-14(3)20-22(15(18)4)16-8-6-5-7-9-16/h5-11H,1-4H3,(H,19,21). The molecule has 0 unspecified atom stereocenters. The second-order valence-electron chi connectivity index (χ2n) is 6.02. The number of nitrogens with zero attached hydrogens (tertiary/aromatic N) is 3. The Hall–Kier alpha value is -2.67. The molecule has 2 heterocycles. The molecule has 0 fully saturated rings. The number of aromatic nitrogens is 3. The SMILES string of the molecule is Cc1cc(C)nc(NS(=O)(=O)c2c(C)nn(-c3ccccc3)c2C)c1. The smallest absolute Gasteiger partial charge is 0.263 e. The molecular formula is C18H20N4O2S. The molecule has 0 saturated carbocycles. The summed E-state index contributed by atoms with van der Waals surface area (Å²) < 4.78 is 30.0. The summed E-state index contributed by atoms with van der Waals surface area (Å²) >= 11 is 0. The predicted octanol–water partition coefficient (Wildman–Crippen LogP) is 3.30. The van der Waals surface area contributed by atoms with Crippen molar-refractivity contribution in [1.29, 1.82) is 0 Å². The van der Waals surface area contributed by atoms with Crippen molar-refractivity contribution in [1.82, 2.24) is 14.8 Å². The fourth-order valence-electron chi connectivity index (χ4n) is 2.92. The van der Waals surface area contributed by atoms with Crippen molar-refractivity contribution in [3.05, 3.63) is 65.1 Å². The summed E-state index contributed by atoms with van der Waals surface area (Å²) in [6, 6.07) is 13.0. The predicted molar refractivity (Wildman–Crippen MR) is 97.6 cm³/mol. The third-order valence-corrected chi connectivity index (χ3v) is 5.44. The van der Waals surface area contributed by atoms with Crippen LogP contribution in [0.1, 0.15) is 22.6 Å².